The predicted molar refractivity (Wildman–Crippen MR) is 115 cm³/mol. The second kappa shape index (κ2) is 8.66. The highest BCUT2D eigenvalue weighted by Gasteiger charge is 2.38. The topological polar surface area (TPSA) is 100 Å². The van der Waals surface area contributed by atoms with Gasteiger partial charge in [-0.2, -0.15) is 5.10 Å². The van der Waals surface area contributed by atoms with Crippen molar-refractivity contribution in [3.8, 4) is 5.69 Å². The summed E-state index contributed by atoms with van der Waals surface area (Å²) in [5.74, 6) is 0.371. The van der Waals surface area contributed by atoms with Crippen molar-refractivity contribution in [3.05, 3.63) is 52.4 Å². The van der Waals surface area contributed by atoms with Crippen LogP contribution in [0.5, 0.6) is 0 Å². The van der Waals surface area contributed by atoms with E-state index in [0.29, 0.717) is 23.6 Å². The van der Waals surface area contributed by atoms with Gasteiger partial charge in [0.15, 0.2) is 11.5 Å². The Bertz CT molecular complexity index is 1150. The Morgan fingerprint density at radius 2 is 2.06 bits per heavy atom. The summed E-state index contributed by atoms with van der Waals surface area (Å²) in [5, 5.41) is 8.32. The first-order valence-corrected chi connectivity index (χ1v) is 11.5. The molecule has 4 rings (SSSR count). The Morgan fingerprint density at radius 3 is 2.65 bits per heavy atom. The number of aromatic nitrogens is 4. The van der Waals surface area contributed by atoms with Crippen LogP contribution < -0.4 is 0 Å². The minimum atomic E-state index is -0.639. The first-order valence-electron chi connectivity index (χ1n) is 10.3. The number of carbonyl (C=O) groups excluding carboxylic acids is 2. The summed E-state index contributed by atoms with van der Waals surface area (Å²) >= 11 is 1.55. The third kappa shape index (κ3) is 3.89. The summed E-state index contributed by atoms with van der Waals surface area (Å²) in [7, 11) is 0. The van der Waals surface area contributed by atoms with E-state index in [1.807, 2.05) is 26.2 Å². The largest absolute Gasteiger partial charge is 0.461 e. The molecule has 0 radical (unpaired) electrons. The monoisotopic (exact) mass is 440 g/mol. The summed E-state index contributed by atoms with van der Waals surface area (Å²) in [5.41, 5.74) is 2.47. The average Bonchev–Trinajstić information content (AvgIpc) is 3.37. The van der Waals surface area contributed by atoms with Crippen LogP contribution in [0.1, 0.15) is 76.2 Å². The molecule has 2 heterocycles. The van der Waals surface area contributed by atoms with Gasteiger partial charge in [-0.05, 0) is 57.1 Å². The molecule has 3 aromatic rings. The molecule has 1 fully saturated rings. The summed E-state index contributed by atoms with van der Waals surface area (Å²) in [6, 6.07) is 3.65. The van der Waals surface area contributed by atoms with E-state index >= 15 is 0 Å². The molecule has 0 saturated heterocycles. The molecule has 0 atom stereocenters. The quantitative estimate of drug-likeness (QED) is 0.293. The average molecular weight is 441 g/mol. The SMILES string of the molecule is CCOC(=O)c1noc(C2CC2)c1C(=O)c1ccc(-n2cnc(C)n2)c(SC)c1CC. The van der Waals surface area contributed by atoms with Gasteiger partial charge >= 0.3 is 5.97 Å². The van der Waals surface area contributed by atoms with E-state index in [4.69, 9.17) is 9.26 Å². The van der Waals surface area contributed by atoms with E-state index in [1.165, 1.54) is 0 Å². The third-order valence-electron chi connectivity index (χ3n) is 5.26. The Balaban J connectivity index is 1.84. The summed E-state index contributed by atoms with van der Waals surface area (Å²) in [6.45, 7) is 5.74. The molecular formula is C22H24N4O4S. The van der Waals surface area contributed by atoms with Gasteiger partial charge in [0.1, 0.15) is 17.7 Å². The van der Waals surface area contributed by atoms with E-state index in [9.17, 15) is 9.59 Å². The van der Waals surface area contributed by atoms with Gasteiger partial charge in [-0.1, -0.05) is 12.1 Å². The highest BCUT2D eigenvalue weighted by molar-refractivity contribution is 7.98. The third-order valence-corrected chi connectivity index (χ3v) is 6.12. The van der Waals surface area contributed by atoms with E-state index in [1.54, 1.807) is 35.8 Å². The summed E-state index contributed by atoms with van der Waals surface area (Å²) in [6.07, 6.45) is 6.10. The Morgan fingerprint density at radius 1 is 1.29 bits per heavy atom. The van der Waals surface area contributed by atoms with Crippen LogP contribution in [-0.4, -0.2) is 44.5 Å². The van der Waals surface area contributed by atoms with Crippen LogP contribution in [0.2, 0.25) is 0 Å². The van der Waals surface area contributed by atoms with Gasteiger partial charge in [-0.25, -0.2) is 14.5 Å². The minimum Gasteiger partial charge on any atom is -0.461 e. The fourth-order valence-electron chi connectivity index (χ4n) is 3.67. The standard InChI is InChI=1S/C22H24N4O4S/c1-5-14-15(9-10-16(21(14)31-4)26-11-23-12(3)24-26)19(27)17-18(22(28)29-6-2)25-30-20(17)13-7-8-13/h9-11,13H,5-8H2,1-4H3. The smallest absolute Gasteiger partial charge is 0.361 e. The van der Waals surface area contributed by atoms with E-state index in [0.717, 1.165) is 29.0 Å². The molecule has 1 aliphatic carbocycles. The van der Waals surface area contributed by atoms with Crippen molar-refractivity contribution in [2.24, 2.45) is 0 Å². The van der Waals surface area contributed by atoms with Gasteiger partial charge < -0.3 is 9.26 Å². The number of thioether (sulfide) groups is 1. The molecule has 8 nitrogen and oxygen atoms in total. The van der Waals surface area contributed by atoms with E-state index in [-0.39, 0.29) is 29.6 Å². The molecule has 0 unspecified atom stereocenters. The number of carbonyl (C=O) groups is 2. The van der Waals surface area contributed by atoms with Gasteiger partial charge in [0.25, 0.3) is 0 Å². The number of hydrogen-bond acceptors (Lipinski definition) is 8. The number of rotatable bonds is 8. The van der Waals surface area contributed by atoms with E-state index in [2.05, 4.69) is 15.2 Å². The Kier molecular flexibility index (Phi) is 5.95. The van der Waals surface area contributed by atoms with Crippen molar-refractivity contribution in [2.45, 2.75) is 50.8 Å². The van der Waals surface area contributed by atoms with Crippen LogP contribution >= 0.6 is 11.8 Å². The number of ketones is 1. The van der Waals surface area contributed by atoms with Crippen molar-refractivity contribution >= 4 is 23.5 Å². The van der Waals surface area contributed by atoms with Crippen LogP contribution in [0.3, 0.4) is 0 Å². The van der Waals surface area contributed by atoms with Crippen LogP contribution in [0.15, 0.2) is 27.9 Å². The zero-order valence-electron chi connectivity index (χ0n) is 18.0. The number of aryl methyl sites for hydroxylation is 1. The summed E-state index contributed by atoms with van der Waals surface area (Å²) < 4.78 is 12.3. The molecule has 2 aromatic heterocycles. The van der Waals surface area contributed by atoms with Gasteiger partial charge in [-0.3, -0.25) is 4.79 Å². The molecule has 1 saturated carbocycles. The lowest BCUT2D eigenvalue weighted by molar-refractivity contribution is 0.0512. The van der Waals surface area contributed by atoms with Crippen LogP contribution in [-0.2, 0) is 11.2 Å². The fraction of sp³-hybridized carbons (Fsp3) is 0.409. The molecule has 0 aliphatic heterocycles. The molecule has 0 spiro atoms. The van der Waals surface area contributed by atoms with Crippen LogP contribution in [0.25, 0.3) is 5.69 Å². The fourth-order valence-corrected chi connectivity index (χ4v) is 4.54. The first-order chi connectivity index (χ1) is 15.0. The first kappa shape index (κ1) is 21.3. The molecule has 0 N–H and O–H groups in total. The predicted octanol–water partition coefficient (Wildman–Crippen LogP) is 4.13. The Hall–Kier alpha value is -2.94. The number of esters is 1. The highest BCUT2D eigenvalue weighted by Crippen LogP contribution is 2.43. The molecule has 0 bridgehead atoms. The zero-order valence-corrected chi connectivity index (χ0v) is 18.8. The van der Waals surface area contributed by atoms with Crippen molar-refractivity contribution in [3.63, 3.8) is 0 Å². The molecule has 0 amide bonds. The van der Waals surface area contributed by atoms with Crippen molar-refractivity contribution in [1.82, 2.24) is 19.9 Å². The van der Waals surface area contributed by atoms with Crippen LogP contribution in [0, 0.1) is 6.92 Å². The van der Waals surface area contributed by atoms with E-state index < -0.39 is 5.97 Å². The lowest BCUT2D eigenvalue weighted by Crippen LogP contribution is -2.15. The molecule has 31 heavy (non-hydrogen) atoms. The lowest BCUT2D eigenvalue weighted by Gasteiger charge is -2.16. The summed E-state index contributed by atoms with van der Waals surface area (Å²) in [4.78, 5) is 31.4. The maximum absolute atomic E-state index is 13.7. The number of ether oxygens (including phenoxy) is 1. The molecule has 9 heteroatoms. The molecule has 1 aromatic carbocycles. The molecular weight excluding hydrogens is 416 g/mol. The van der Waals surface area contributed by atoms with Crippen molar-refractivity contribution in [2.75, 3.05) is 12.9 Å². The lowest BCUT2D eigenvalue weighted by atomic mass is 9.94. The zero-order chi connectivity index (χ0) is 22.1. The van der Waals surface area contributed by atoms with Gasteiger partial charge in [0, 0.05) is 16.4 Å². The number of benzene rings is 1. The molecule has 1 aliphatic rings. The Labute approximate surface area is 184 Å². The minimum absolute atomic E-state index is 0.0440. The number of nitrogens with zero attached hydrogens (tertiary/aromatic N) is 4. The maximum Gasteiger partial charge on any atom is 0.361 e. The second-order valence-corrected chi connectivity index (χ2v) is 8.14. The highest BCUT2D eigenvalue weighted by atomic mass is 32.2. The molecule has 162 valence electrons. The van der Waals surface area contributed by atoms with Gasteiger partial charge in [-0.15, -0.1) is 11.8 Å². The van der Waals surface area contributed by atoms with Gasteiger partial charge in [0.2, 0.25) is 5.69 Å². The van der Waals surface area contributed by atoms with Crippen LogP contribution in [0.4, 0.5) is 0 Å². The normalized spacial score (nSPS) is 13.4. The van der Waals surface area contributed by atoms with Gasteiger partial charge in [0.05, 0.1) is 12.3 Å². The second-order valence-electron chi connectivity index (χ2n) is 7.33. The van der Waals surface area contributed by atoms with Crippen molar-refractivity contribution in [1.29, 1.82) is 0 Å². The number of hydrogen-bond donors (Lipinski definition) is 0. The van der Waals surface area contributed by atoms with Crippen molar-refractivity contribution < 1.29 is 18.8 Å². The maximum atomic E-state index is 13.7.